The molecule has 0 aliphatic heterocycles. The number of hydrogen-bond donors (Lipinski definition) is 3. The molecule has 0 radical (unpaired) electrons. The van der Waals surface area contributed by atoms with E-state index in [-0.39, 0.29) is 18.9 Å². The first kappa shape index (κ1) is 25.9. The molecule has 0 aliphatic rings. The van der Waals surface area contributed by atoms with Gasteiger partial charge in [0.15, 0.2) is 0 Å². The van der Waals surface area contributed by atoms with Crippen molar-refractivity contribution in [3.05, 3.63) is 35.9 Å². The first-order valence-corrected chi connectivity index (χ1v) is 10.1. The zero-order valence-electron chi connectivity index (χ0n) is 18.6. The molecular weight excluding hydrogens is 404 g/mol. The number of carboxylic acids is 1. The van der Waals surface area contributed by atoms with E-state index in [1.54, 1.807) is 32.9 Å². The zero-order chi connectivity index (χ0) is 23.6. The van der Waals surface area contributed by atoms with Crippen molar-refractivity contribution in [2.24, 2.45) is 5.92 Å². The summed E-state index contributed by atoms with van der Waals surface area (Å²) in [5, 5.41) is 14.2. The number of amides is 2. The summed E-state index contributed by atoms with van der Waals surface area (Å²) in [5.41, 5.74) is -0.000183. The fraction of sp³-hybridized carbons (Fsp3) is 0.545. The third kappa shape index (κ3) is 11.0. The van der Waals surface area contributed by atoms with Crippen LogP contribution in [-0.4, -0.2) is 46.7 Å². The van der Waals surface area contributed by atoms with Crippen LogP contribution in [0, 0.1) is 5.92 Å². The molecule has 9 nitrogen and oxygen atoms in total. The van der Waals surface area contributed by atoms with Crippen LogP contribution < -0.4 is 10.6 Å². The first-order chi connectivity index (χ1) is 14.4. The number of aliphatic carboxylic acids is 1. The third-order valence-corrected chi connectivity index (χ3v) is 3.93. The quantitative estimate of drug-likeness (QED) is 0.481. The number of carbonyl (C=O) groups excluding carboxylic acids is 3. The highest BCUT2D eigenvalue weighted by molar-refractivity contribution is 5.91. The van der Waals surface area contributed by atoms with Gasteiger partial charge in [-0.1, -0.05) is 44.2 Å². The lowest BCUT2D eigenvalue weighted by Crippen LogP contribution is -2.52. The molecule has 3 N–H and O–H groups in total. The molecule has 0 bridgehead atoms. The van der Waals surface area contributed by atoms with Crippen molar-refractivity contribution in [2.75, 3.05) is 0 Å². The van der Waals surface area contributed by atoms with Crippen LogP contribution in [0.3, 0.4) is 0 Å². The van der Waals surface area contributed by atoms with Crippen LogP contribution in [0.25, 0.3) is 0 Å². The minimum Gasteiger partial charge on any atom is -0.480 e. The Kier molecular flexibility index (Phi) is 9.98. The molecule has 0 fully saturated rings. The second-order valence-electron chi connectivity index (χ2n) is 8.58. The van der Waals surface area contributed by atoms with Gasteiger partial charge in [0.25, 0.3) is 0 Å². The van der Waals surface area contributed by atoms with Crippen molar-refractivity contribution in [3.63, 3.8) is 0 Å². The van der Waals surface area contributed by atoms with E-state index >= 15 is 0 Å². The number of benzene rings is 1. The van der Waals surface area contributed by atoms with E-state index in [0.29, 0.717) is 0 Å². The van der Waals surface area contributed by atoms with E-state index in [0.717, 1.165) is 5.56 Å². The van der Waals surface area contributed by atoms with Crippen molar-refractivity contribution in [1.82, 2.24) is 10.6 Å². The molecule has 0 aliphatic carbocycles. The van der Waals surface area contributed by atoms with Crippen molar-refractivity contribution in [2.45, 2.75) is 71.8 Å². The van der Waals surface area contributed by atoms with Gasteiger partial charge in [0.2, 0.25) is 5.91 Å². The summed E-state index contributed by atoms with van der Waals surface area (Å²) in [4.78, 5) is 48.3. The van der Waals surface area contributed by atoms with Crippen LogP contribution in [0.5, 0.6) is 0 Å². The standard InChI is InChI=1S/C22H32N2O7/c1-14(2)11-16(24-21(29)30-13-15-9-7-6-8-10-15)19(26)23-17(20(27)28)12-18(25)31-22(3,4)5/h6-10,14,16-17H,11-13H2,1-5H3,(H,23,26)(H,24,29)(H,27,28)/t16-,17-/m0/s1. The Labute approximate surface area is 182 Å². The number of carboxylic acid groups (broad SMARTS) is 1. The molecule has 1 rings (SSSR count). The Morgan fingerprint density at radius 2 is 1.61 bits per heavy atom. The highest BCUT2D eigenvalue weighted by Gasteiger charge is 2.30. The third-order valence-electron chi connectivity index (χ3n) is 3.93. The summed E-state index contributed by atoms with van der Waals surface area (Å²) in [6, 6.07) is 6.52. The van der Waals surface area contributed by atoms with E-state index in [4.69, 9.17) is 9.47 Å². The molecule has 0 unspecified atom stereocenters. The first-order valence-electron chi connectivity index (χ1n) is 10.1. The summed E-state index contributed by atoms with van der Waals surface area (Å²) >= 11 is 0. The Morgan fingerprint density at radius 1 is 1.00 bits per heavy atom. The molecule has 0 saturated carbocycles. The molecule has 172 valence electrons. The van der Waals surface area contributed by atoms with Crippen LogP contribution in [0.4, 0.5) is 4.79 Å². The molecule has 9 heteroatoms. The highest BCUT2D eigenvalue weighted by Crippen LogP contribution is 2.11. The smallest absolute Gasteiger partial charge is 0.408 e. The zero-order valence-corrected chi connectivity index (χ0v) is 18.6. The molecule has 2 atom stereocenters. The molecule has 31 heavy (non-hydrogen) atoms. The normalized spacial score (nSPS) is 13.1. The van der Waals surface area contributed by atoms with Gasteiger partial charge in [0, 0.05) is 0 Å². The summed E-state index contributed by atoms with van der Waals surface area (Å²) in [7, 11) is 0. The summed E-state index contributed by atoms with van der Waals surface area (Å²) in [6.07, 6.45) is -1.08. The maximum Gasteiger partial charge on any atom is 0.408 e. The fourth-order valence-corrected chi connectivity index (χ4v) is 2.63. The second-order valence-corrected chi connectivity index (χ2v) is 8.58. The van der Waals surface area contributed by atoms with Gasteiger partial charge in [0.05, 0.1) is 6.42 Å². The van der Waals surface area contributed by atoms with Gasteiger partial charge in [-0.15, -0.1) is 0 Å². The van der Waals surface area contributed by atoms with Crippen molar-refractivity contribution < 1.29 is 33.8 Å². The lowest BCUT2D eigenvalue weighted by Gasteiger charge is -2.24. The monoisotopic (exact) mass is 436 g/mol. The Hall–Kier alpha value is -3.10. The number of nitrogens with one attached hydrogen (secondary N) is 2. The minimum absolute atomic E-state index is 0.0269. The number of hydrogen-bond acceptors (Lipinski definition) is 6. The van der Waals surface area contributed by atoms with E-state index in [1.807, 2.05) is 32.0 Å². The average Bonchev–Trinajstić information content (AvgIpc) is 2.64. The van der Waals surface area contributed by atoms with Gasteiger partial charge < -0.3 is 25.2 Å². The van der Waals surface area contributed by atoms with E-state index in [2.05, 4.69) is 10.6 Å². The summed E-state index contributed by atoms with van der Waals surface area (Å²) in [6.45, 7) is 8.70. The van der Waals surface area contributed by atoms with Gasteiger partial charge in [-0.2, -0.15) is 0 Å². The molecule has 1 aromatic rings. The number of alkyl carbamates (subject to hydrolysis) is 1. The number of esters is 1. The van der Waals surface area contributed by atoms with Crippen LogP contribution >= 0.6 is 0 Å². The second kappa shape index (κ2) is 11.9. The van der Waals surface area contributed by atoms with Crippen LogP contribution in [0.1, 0.15) is 53.0 Å². The molecule has 2 amide bonds. The number of ether oxygens (including phenoxy) is 2. The predicted octanol–water partition coefficient (Wildman–Crippen LogP) is 2.63. The maximum atomic E-state index is 12.7. The minimum atomic E-state index is -1.49. The van der Waals surface area contributed by atoms with Crippen molar-refractivity contribution >= 4 is 23.9 Å². The van der Waals surface area contributed by atoms with Gasteiger partial charge in [0.1, 0.15) is 24.3 Å². The Bertz CT molecular complexity index is 757. The topological polar surface area (TPSA) is 131 Å². The molecule has 0 spiro atoms. The average molecular weight is 437 g/mol. The Balaban J connectivity index is 2.74. The highest BCUT2D eigenvalue weighted by atomic mass is 16.6. The van der Waals surface area contributed by atoms with Gasteiger partial charge >= 0.3 is 18.0 Å². The van der Waals surface area contributed by atoms with Crippen LogP contribution in [0.2, 0.25) is 0 Å². The van der Waals surface area contributed by atoms with E-state index in [9.17, 15) is 24.3 Å². The fourth-order valence-electron chi connectivity index (χ4n) is 2.63. The van der Waals surface area contributed by atoms with Gasteiger partial charge in [-0.25, -0.2) is 9.59 Å². The Morgan fingerprint density at radius 3 is 2.13 bits per heavy atom. The number of rotatable bonds is 10. The molecular formula is C22H32N2O7. The molecule has 0 heterocycles. The SMILES string of the molecule is CC(C)C[C@H](NC(=O)OCc1ccccc1)C(=O)N[C@@H](CC(=O)OC(C)(C)C)C(=O)O. The van der Waals surface area contributed by atoms with Crippen molar-refractivity contribution in [3.8, 4) is 0 Å². The lowest BCUT2D eigenvalue weighted by atomic mass is 10.0. The van der Waals surface area contributed by atoms with Gasteiger partial charge in [-0.05, 0) is 38.7 Å². The van der Waals surface area contributed by atoms with E-state index < -0.39 is 48.0 Å². The number of carbonyl (C=O) groups is 4. The summed E-state index contributed by atoms with van der Waals surface area (Å²) in [5.74, 6) is -2.83. The predicted molar refractivity (Wildman–Crippen MR) is 113 cm³/mol. The molecule has 1 aromatic carbocycles. The summed E-state index contributed by atoms with van der Waals surface area (Å²) < 4.78 is 10.3. The molecule has 0 aromatic heterocycles. The largest absolute Gasteiger partial charge is 0.480 e. The van der Waals surface area contributed by atoms with E-state index in [1.165, 1.54) is 0 Å². The van der Waals surface area contributed by atoms with Crippen LogP contribution in [-0.2, 0) is 30.5 Å². The maximum absolute atomic E-state index is 12.7. The van der Waals surface area contributed by atoms with Gasteiger partial charge in [-0.3, -0.25) is 9.59 Å². The molecule has 0 saturated heterocycles. The van der Waals surface area contributed by atoms with Crippen molar-refractivity contribution in [1.29, 1.82) is 0 Å². The van der Waals surface area contributed by atoms with Crippen LogP contribution in [0.15, 0.2) is 30.3 Å². The lowest BCUT2D eigenvalue weighted by molar-refractivity contribution is -0.158.